The van der Waals surface area contributed by atoms with Gasteiger partial charge in [-0.3, -0.25) is 4.79 Å². The van der Waals surface area contributed by atoms with Crippen LogP contribution in [0.25, 0.3) is 0 Å². The molecule has 19 heavy (non-hydrogen) atoms. The highest BCUT2D eigenvalue weighted by Gasteiger charge is 2.39. The van der Waals surface area contributed by atoms with E-state index in [0.29, 0.717) is 10.2 Å². The number of nitrogens with zero attached hydrogens (tertiary/aromatic N) is 2. The molecule has 2 rings (SSSR count). The zero-order valence-electron chi connectivity index (χ0n) is 9.93. The van der Waals surface area contributed by atoms with E-state index in [2.05, 4.69) is 20.9 Å². The summed E-state index contributed by atoms with van der Waals surface area (Å²) in [6.45, 7) is 1.48. The minimum absolute atomic E-state index is 0.103. The highest BCUT2D eigenvalue weighted by atomic mass is 79.9. The van der Waals surface area contributed by atoms with Crippen LogP contribution in [0.1, 0.15) is 12.1 Å². The van der Waals surface area contributed by atoms with Crippen LogP contribution in [0.3, 0.4) is 0 Å². The molecular weight excluding hydrogens is 341 g/mol. The van der Waals surface area contributed by atoms with Gasteiger partial charge in [0.25, 0.3) is 0 Å². The molecule has 1 saturated heterocycles. The van der Waals surface area contributed by atoms with E-state index in [1.807, 2.05) is 0 Å². The van der Waals surface area contributed by atoms with Crippen molar-refractivity contribution < 1.29 is 17.1 Å². The molecule has 0 saturated carbocycles. The monoisotopic (exact) mass is 351 g/mol. The molecule has 2 heterocycles. The van der Waals surface area contributed by atoms with Gasteiger partial charge < -0.3 is 10.6 Å². The summed E-state index contributed by atoms with van der Waals surface area (Å²) in [5.74, 6) is -0.388. The van der Waals surface area contributed by atoms with Gasteiger partial charge in [0.05, 0.1) is 11.4 Å². The topological polar surface area (TPSA) is 93.4 Å². The number of aromatic nitrogens is 1. The van der Waals surface area contributed by atoms with Crippen molar-refractivity contribution in [2.45, 2.75) is 18.6 Å². The Morgan fingerprint density at radius 2 is 2.21 bits per heavy atom. The van der Waals surface area contributed by atoms with Crippen LogP contribution in [0.4, 0.5) is 15.4 Å². The van der Waals surface area contributed by atoms with E-state index in [1.54, 1.807) is 13.0 Å². The minimum Gasteiger partial charge on any atom is -0.382 e. The molecule has 0 radical (unpaired) electrons. The van der Waals surface area contributed by atoms with E-state index in [-0.39, 0.29) is 24.5 Å². The Balaban J connectivity index is 2.39. The molecule has 0 bridgehead atoms. The first kappa shape index (κ1) is 14.2. The number of amides is 1. The molecule has 1 aromatic heterocycles. The molecule has 1 aliphatic rings. The standard InChI is InChI=1S/C10H11BrFN3O3S/c1-5-7(11)3-8(10(13)14-5)15-4-6(2-9(15)16)19(12,17)18/h3,6H,2,4H2,1H3,(H2,13,14). The number of halogens is 2. The molecule has 0 spiro atoms. The van der Waals surface area contributed by atoms with Crippen molar-refractivity contribution in [3.63, 3.8) is 0 Å². The highest BCUT2D eigenvalue weighted by Crippen LogP contribution is 2.32. The van der Waals surface area contributed by atoms with Crippen molar-refractivity contribution in [1.29, 1.82) is 0 Å². The fourth-order valence-electron chi connectivity index (χ4n) is 1.90. The Morgan fingerprint density at radius 1 is 1.58 bits per heavy atom. The number of pyridine rings is 1. The van der Waals surface area contributed by atoms with Crippen LogP contribution in [0.15, 0.2) is 10.5 Å². The van der Waals surface area contributed by atoms with E-state index >= 15 is 0 Å². The molecule has 1 unspecified atom stereocenters. The number of nitrogen functional groups attached to an aromatic ring is 1. The maximum absolute atomic E-state index is 12.9. The first-order valence-corrected chi connectivity index (χ1v) is 7.60. The molecule has 1 aliphatic heterocycles. The molecule has 104 valence electrons. The summed E-state index contributed by atoms with van der Waals surface area (Å²) in [7, 11) is -4.74. The van der Waals surface area contributed by atoms with Gasteiger partial charge in [-0.25, -0.2) is 4.98 Å². The van der Waals surface area contributed by atoms with Gasteiger partial charge in [0.2, 0.25) is 5.91 Å². The van der Waals surface area contributed by atoms with Gasteiger partial charge in [0, 0.05) is 17.4 Å². The number of hydrogen-bond acceptors (Lipinski definition) is 5. The third-order valence-corrected chi connectivity index (χ3v) is 4.85. The largest absolute Gasteiger partial charge is 0.382 e. The lowest BCUT2D eigenvalue weighted by Crippen LogP contribution is -2.28. The number of carbonyl (C=O) groups excluding carboxylic acids is 1. The van der Waals surface area contributed by atoms with Crippen LogP contribution in [0, 0.1) is 6.92 Å². The van der Waals surface area contributed by atoms with Crippen molar-refractivity contribution in [2.75, 3.05) is 17.2 Å². The number of anilines is 2. The van der Waals surface area contributed by atoms with E-state index in [0.717, 1.165) is 4.90 Å². The van der Waals surface area contributed by atoms with Crippen molar-refractivity contribution in [3.8, 4) is 0 Å². The summed E-state index contributed by atoms with van der Waals surface area (Å²) in [5, 5.41) is -1.35. The Labute approximate surface area is 118 Å². The number of carbonyl (C=O) groups is 1. The number of rotatable bonds is 2. The van der Waals surface area contributed by atoms with Crippen molar-refractivity contribution in [3.05, 3.63) is 16.2 Å². The smallest absolute Gasteiger partial charge is 0.307 e. The predicted molar refractivity (Wildman–Crippen MR) is 71.9 cm³/mol. The number of nitrogens with two attached hydrogens (primary N) is 1. The van der Waals surface area contributed by atoms with Gasteiger partial charge >= 0.3 is 10.2 Å². The van der Waals surface area contributed by atoms with Crippen molar-refractivity contribution in [2.24, 2.45) is 0 Å². The summed E-state index contributed by atoms with van der Waals surface area (Å²) in [6.07, 6.45) is -0.385. The SMILES string of the molecule is Cc1nc(N)c(N2CC(S(=O)(=O)F)CC2=O)cc1Br. The first-order chi connectivity index (χ1) is 8.70. The zero-order valence-corrected chi connectivity index (χ0v) is 12.3. The normalized spacial score (nSPS) is 20.1. The zero-order chi connectivity index (χ0) is 14.4. The number of hydrogen-bond donors (Lipinski definition) is 1. The van der Waals surface area contributed by atoms with Crippen LogP contribution in [0.2, 0.25) is 0 Å². The summed E-state index contributed by atoms with van der Waals surface area (Å²) in [5.41, 5.74) is 6.64. The highest BCUT2D eigenvalue weighted by molar-refractivity contribution is 9.10. The Bertz CT molecular complexity index is 650. The first-order valence-electron chi connectivity index (χ1n) is 5.36. The molecular formula is C10H11BrFN3O3S. The number of aryl methyl sites for hydroxylation is 1. The summed E-state index contributed by atoms with van der Waals surface area (Å²) in [4.78, 5) is 17.0. The molecule has 9 heteroatoms. The average molecular weight is 352 g/mol. The lowest BCUT2D eigenvalue weighted by Gasteiger charge is -2.18. The summed E-state index contributed by atoms with van der Waals surface area (Å²) < 4.78 is 35.3. The lowest BCUT2D eigenvalue weighted by molar-refractivity contribution is -0.117. The van der Waals surface area contributed by atoms with Crippen LogP contribution in [-0.4, -0.2) is 31.1 Å². The van der Waals surface area contributed by atoms with Crippen LogP contribution >= 0.6 is 15.9 Å². The molecule has 2 N–H and O–H groups in total. The Kier molecular flexibility index (Phi) is 3.52. The molecule has 1 aromatic rings. The van der Waals surface area contributed by atoms with Gasteiger partial charge in [-0.2, -0.15) is 8.42 Å². The Morgan fingerprint density at radius 3 is 2.74 bits per heavy atom. The minimum atomic E-state index is -4.74. The summed E-state index contributed by atoms with van der Waals surface area (Å²) >= 11 is 3.25. The third-order valence-electron chi connectivity index (χ3n) is 2.94. The van der Waals surface area contributed by atoms with Gasteiger partial charge in [-0.05, 0) is 28.9 Å². The quantitative estimate of drug-likeness (QED) is 0.806. The van der Waals surface area contributed by atoms with Gasteiger partial charge in [0.1, 0.15) is 11.1 Å². The molecule has 1 amide bonds. The second-order valence-corrected chi connectivity index (χ2v) is 6.74. The van der Waals surface area contributed by atoms with Crippen molar-refractivity contribution >= 4 is 43.6 Å². The molecule has 0 aromatic carbocycles. The maximum atomic E-state index is 12.9. The maximum Gasteiger partial charge on any atom is 0.307 e. The average Bonchev–Trinajstić information content (AvgIpc) is 2.65. The predicted octanol–water partition coefficient (Wildman–Crippen LogP) is 1.14. The molecule has 1 atom stereocenters. The molecule has 0 aliphatic carbocycles. The van der Waals surface area contributed by atoms with Crippen LogP contribution in [-0.2, 0) is 15.0 Å². The molecule has 1 fully saturated rings. The van der Waals surface area contributed by atoms with E-state index < -0.39 is 21.4 Å². The summed E-state index contributed by atoms with van der Waals surface area (Å²) in [6, 6.07) is 1.57. The van der Waals surface area contributed by atoms with E-state index in [1.165, 1.54) is 0 Å². The van der Waals surface area contributed by atoms with Gasteiger partial charge in [-0.1, -0.05) is 0 Å². The van der Waals surface area contributed by atoms with Crippen LogP contribution in [0.5, 0.6) is 0 Å². The Hall–Kier alpha value is -1.22. The third kappa shape index (κ3) is 2.71. The molecule has 6 nitrogen and oxygen atoms in total. The van der Waals surface area contributed by atoms with Gasteiger partial charge in [0.15, 0.2) is 0 Å². The van der Waals surface area contributed by atoms with Crippen LogP contribution < -0.4 is 10.6 Å². The lowest BCUT2D eigenvalue weighted by atomic mass is 10.3. The fraction of sp³-hybridized carbons (Fsp3) is 0.400. The van der Waals surface area contributed by atoms with E-state index in [4.69, 9.17) is 5.73 Å². The second-order valence-electron chi connectivity index (χ2n) is 4.27. The second kappa shape index (κ2) is 4.71. The van der Waals surface area contributed by atoms with Gasteiger partial charge in [-0.15, -0.1) is 3.89 Å². The fourth-order valence-corrected chi connectivity index (χ4v) is 2.88. The van der Waals surface area contributed by atoms with E-state index in [9.17, 15) is 17.1 Å². The van der Waals surface area contributed by atoms with Crippen molar-refractivity contribution in [1.82, 2.24) is 4.98 Å².